The van der Waals surface area contributed by atoms with Gasteiger partial charge in [0, 0.05) is 23.1 Å². The van der Waals surface area contributed by atoms with E-state index in [1.807, 2.05) is 13.0 Å². The average molecular weight is 413 g/mol. The van der Waals surface area contributed by atoms with E-state index in [4.69, 9.17) is 21.1 Å². The summed E-state index contributed by atoms with van der Waals surface area (Å²) in [7, 11) is 1.36. The van der Waals surface area contributed by atoms with Gasteiger partial charge < -0.3 is 19.9 Å². The van der Waals surface area contributed by atoms with Gasteiger partial charge in [0.1, 0.15) is 12.1 Å². The highest BCUT2D eigenvalue weighted by atomic mass is 35.5. The van der Waals surface area contributed by atoms with Gasteiger partial charge >= 0.3 is 5.97 Å². The molecule has 146 valence electrons. The van der Waals surface area contributed by atoms with E-state index in [-0.39, 0.29) is 17.4 Å². The number of hydrogen-bond donors (Lipinski definition) is 2. The number of carbonyl (C=O) groups is 2. The van der Waals surface area contributed by atoms with Crippen molar-refractivity contribution >= 4 is 34.8 Å². The molecule has 0 fully saturated rings. The van der Waals surface area contributed by atoms with E-state index in [1.54, 1.807) is 13.0 Å². The molecule has 27 heavy (non-hydrogen) atoms. The van der Waals surface area contributed by atoms with Crippen LogP contribution >= 0.6 is 22.9 Å². The zero-order valence-electron chi connectivity index (χ0n) is 15.4. The number of amides is 1. The fourth-order valence-electron chi connectivity index (χ4n) is 2.28. The number of hydrogen-bond acceptors (Lipinski definition) is 7. The van der Waals surface area contributed by atoms with Gasteiger partial charge in [-0.1, -0.05) is 18.5 Å². The molecule has 9 heteroatoms. The lowest BCUT2D eigenvalue weighted by atomic mass is 10.0. The molecule has 2 aromatic heterocycles. The largest absolute Gasteiger partial charge is 0.503 e. The van der Waals surface area contributed by atoms with Crippen molar-refractivity contribution in [2.24, 2.45) is 0 Å². The van der Waals surface area contributed by atoms with Crippen molar-refractivity contribution < 1.29 is 24.2 Å². The molecule has 0 saturated carbocycles. The Morgan fingerprint density at radius 2 is 1.96 bits per heavy atom. The standard InChI is InChI=1S/C18H21ClN2O5S/c1-9(13-5-6-14(19)27-13)11(3)26-18(24)10(2)21-17(23)15-16(22)12(25-4)7-8-20-15/h5-11,22H,1-4H3,(H,21,23)/t9?,10-,11?/m0/s1. The highest BCUT2D eigenvalue weighted by Gasteiger charge is 2.26. The quantitative estimate of drug-likeness (QED) is 0.676. The predicted octanol–water partition coefficient (Wildman–Crippen LogP) is 3.36. The number of carbonyl (C=O) groups excluding carboxylic acids is 2. The predicted molar refractivity (Wildman–Crippen MR) is 103 cm³/mol. The summed E-state index contributed by atoms with van der Waals surface area (Å²) in [5, 5.41) is 12.4. The van der Waals surface area contributed by atoms with Crippen LogP contribution in [0.3, 0.4) is 0 Å². The van der Waals surface area contributed by atoms with Gasteiger partial charge in [0.15, 0.2) is 17.2 Å². The second-order valence-electron chi connectivity index (χ2n) is 5.98. The molecular formula is C18H21ClN2O5S. The lowest BCUT2D eigenvalue weighted by Gasteiger charge is -2.22. The lowest BCUT2D eigenvalue weighted by molar-refractivity contribution is -0.150. The molecular weight excluding hydrogens is 392 g/mol. The average Bonchev–Trinajstić information content (AvgIpc) is 3.07. The van der Waals surface area contributed by atoms with Crippen molar-refractivity contribution in [3.63, 3.8) is 0 Å². The fraction of sp³-hybridized carbons (Fsp3) is 0.389. The molecule has 0 aromatic carbocycles. The van der Waals surface area contributed by atoms with Crippen molar-refractivity contribution in [3.8, 4) is 11.5 Å². The molecule has 0 aliphatic rings. The number of esters is 1. The number of nitrogens with one attached hydrogen (secondary N) is 1. The Balaban J connectivity index is 1.98. The van der Waals surface area contributed by atoms with Crippen molar-refractivity contribution in [1.82, 2.24) is 10.3 Å². The first-order valence-electron chi connectivity index (χ1n) is 8.23. The summed E-state index contributed by atoms with van der Waals surface area (Å²) in [6.07, 6.45) is 0.918. The topological polar surface area (TPSA) is 97.8 Å². The fourth-order valence-corrected chi connectivity index (χ4v) is 3.49. The van der Waals surface area contributed by atoms with Gasteiger partial charge in [0.25, 0.3) is 5.91 Å². The van der Waals surface area contributed by atoms with Crippen LogP contribution in [0.1, 0.15) is 42.1 Å². The number of aromatic nitrogens is 1. The molecule has 0 aliphatic carbocycles. The summed E-state index contributed by atoms with van der Waals surface area (Å²) in [4.78, 5) is 29.4. The Kier molecular flexibility index (Phi) is 7.04. The third-order valence-electron chi connectivity index (χ3n) is 4.07. The number of halogens is 1. The maximum absolute atomic E-state index is 12.3. The molecule has 0 radical (unpaired) electrons. The first-order valence-corrected chi connectivity index (χ1v) is 9.42. The van der Waals surface area contributed by atoms with Crippen LogP contribution in [0.25, 0.3) is 0 Å². The molecule has 2 heterocycles. The second-order valence-corrected chi connectivity index (χ2v) is 7.72. The minimum atomic E-state index is -0.925. The number of methoxy groups -OCH3 is 1. The van der Waals surface area contributed by atoms with E-state index in [0.29, 0.717) is 4.34 Å². The zero-order valence-corrected chi connectivity index (χ0v) is 16.9. The van der Waals surface area contributed by atoms with Gasteiger partial charge in [-0.3, -0.25) is 4.79 Å². The Morgan fingerprint density at radius 3 is 2.56 bits per heavy atom. The van der Waals surface area contributed by atoms with Crippen LogP contribution in [0.5, 0.6) is 11.5 Å². The van der Waals surface area contributed by atoms with Crippen LogP contribution in [-0.4, -0.2) is 41.2 Å². The zero-order chi connectivity index (χ0) is 20.1. The minimum Gasteiger partial charge on any atom is -0.503 e. The Bertz CT molecular complexity index is 826. The molecule has 0 bridgehead atoms. The van der Waals surface area contributed by atoms with E-state index in [0.717, 1.165) is 4.88 Å². The monoisotopic (exact) mass is 412 g/mol. The number of thiophene rings is 1. The van der Waals surface area contributed by atoms with Crippen LogP contribution in [0, 0.1) is 0 Å². The molecule has 0 spiro atoms. The smallest absolute Gasteiger partial charge is 0.328 e. The van der Waals surface area contributed by atoms with Gasteiger partial charge in [-0.15, -0.1) is 11.3 Å². The van der Waals surface area contributed by atoms with Crippen LogP contribution < -0.4 is 10.1 Å². The molecule has 7 nitrogen and oxygen atoms in total. The first-order chi connectivity index (χ1) is 12.7. The summed E-state index contributed by atoms with van der Waals surface area (Å²) in [6.45, 7) is 5.21. The Hall–Kier alpha value is -2.32. The SMILES string of the molecule is COc1ccnc(C(=O)N[C@@H](C)C(=O)OC(C)C(C)c2ccc(Cl)s2)c1O. The lowest BCUT2D eigenvalue weighted by Crippen LogP contribution is -2.41. The molecule has 3 atom stereocenters. The summed E-state index contributed by atoms with van der Waals surface area (Å²) >= 11 is 7.37. The molecule has 1 amide bonds. The Labute approximate surface area is 166 Å². The van der Waals surface area contributed by atoms with Gasteiger partial charge in [-0.25, -0.2) is 9.78 Å². The number of rotatable bonds is 7. The van der Waals surface area contributed by atoms with Gasteiger partial charge in [0.2, 0.25) is 0 Å². The molecule has 0 aliphatic heterocycles. The van der Waals surface area contributed by atoms with Crippen LogP contribution in [0.4, 0.5) is 0 Å². The number of pyridine rings is 1. The van der Waals surface area contributed by atoms with E-state index in [1.165, 1.54) is 37.6 Å². The second kappa shape index (κ2) is 9.05. The molecule has 0 saturated heterocycles. The molecule has 2 N–H and O–H groups in total. The molecule has 2 unspecified atom stereocenters. The summed E-state index contributed by atoms with van der Waals surface area (Å²) in [6, 6.07) is 4.18. The highest BCUT2D eigenvalue weighted by molar-refractivity contribution is 7.16. The van der Waals surface area contributed by atoms with E-state index in [2.05, 4.69) is 10.3 Å². The summed E-state index contributed by atoms with van der Waals surface area (Å²) < 4.78 is 11.1. The van der Waals surface area contributed by atoms with Crippen LogP contribution in [0.2, 0.25) is 4.34 Å². The number of nitrogens with zero attached hydrogens (tertiary/aromatic N) is 1. The third kappa shape index (κ3) is 5.11. The highest BCUT2D eigenvalue weighted by Crippen LogP contribution is 2.31. The van der Waals surface area contributed by atoms with Gasteiger partial charge in [0.05, 0.1) is 11.4 Å². The van der Waals surface area contributed by atoms with Gasteiger partial charge in [-0.2, -0.15) is 0 Å². The van der Waals surface area contributed by atoms with E-state index >= 15 is 0 Å². The van der Waals surface area contributed by atoms with E-state index in [9.17, 15) is 14.7 Å². The van der Waals surface area contributed by atoms with Crippen LogP contribution in [0.15, 0.2) is 24.4 Å². The van der Waals surface area contributed by atoms with Crippen molar-refractivity contribution in [2.75, 3.05) is 7.11 Å². The van der Waals surface area contributed by atoms with Crippen molar-refractivity contribution in [3.05, 3.63) is 39.3 Å². The molecule has 2 aromatic rings. The minimum absolute atomic E-state index is 0.0431. The van der Waals surface area contributed by atoms with Crippen molar-refractivity contribution in [1.29, 1.82) is 0 Å². The summed E-state index contributed by atoms with van der Waals surface area (Å²) in [5.74, 6) is -1.62. The third-order valence-corrected chi connectivity index (χ3v) is 5.50. The maximum atomic E-state index is 12.3. The number of aromatic hydroxyl groups is 1. The number of ether oxygens (including phenoxy) is 2. The van der Waals surface area contributed by atoms with Crippen molar-refractivity contribution in [2.45, 2.75) is 38.8 Å². The summed E-state index contributed by atoms with van der Waals surface area (Å²) in [5.41, 5.74) is -0.233. The maximum Gasteiger partial charge on any atom is 0.328 e. The van der Waals surface area contributed by atoms with E-state index < -0.39 is 29.8 Å². The Morgan fingerprint density at radius 1 is 1.26 bits per heavy atom. The van der Waals surface area contributed by atoms with Crippen LogP contribution in [-0.2, 0) is 9.53 Å². The normalized spacial score (nSPS) is 14.1. The first kappa shape index (κ1) is 21.0. The van der Waals surface area contributed by atoms with Gasteiger partial charge in [-0.05, 0) is 26.0 Å². The molecule has 2 rings (SSSR count).